The summed E-state index contributed by atoms with van der Waals surface area (Å²) in [4.78, 5) is 13.4. The van der Waals surface area contributed by atoms with Crippen molar-refractivity contribution in [2.24, 2.45) is 0 Å². The number of anilines is 1. The number of amides is 1. The number of nitrogens with zero attached hydrogens (tertiary/aromatic N) is 1. The third-order valence-corrected chi connectivity index (χ3v) is 3.31. The molecule has 0 heterocycles. The van der Waals surface area contributed by atoms with Crippen LogP contribution in [-0.2, 0) is 11.3 Å². The zero-order valence-electron chi connectivity index (χ0n) is 11.8. The van der Waals surface area contributed by atoms with Gasteiger partial charge in [0.1, 0.15) is 0 Å². The Hall–Kier alpha value is -1.26. The fourth-order valence-corrected chi connectivity index (χ4v) is 2.02. The highest BCUT2D eigenvalue weighted by Crippen LogP contribution is 2.23. The lowest BCUT2D eigenvalue weighted by Crippen LogP contribution is -2.35. The molecule has 19 heavy (non-hydrogen) atoms. The van der Waals surface area contributed by atoms with E-state index >= 15 is 0 Å². The van der Waals surface area contributed by atoms with Crippen molar-refractivity contribution in [2.75, 3.05) is 31.6 Å². The number of likely N-dealkylation sites (N-methyl/N-ethyl adjacent to an activating group) is 2. The fraction of sp³-hybridized carbons (Fsp3) is 0.500. The molecule has 0 spiro atoms. The highest BCUT2D eigenvalue weighted by Gasteiger charge is 2.10. The summed E-state index contributed by atoms with van der Waals surface area (Å²) < 4.78 is 0. The van der Waals surface area contributed by atoms with Gasteiger partial charge in [-0.1, -0.05) is 24.6 Å². The zero-order valence-corrected chi connectivity index (χ0v) is 12.5. The predicted molar refractivity (Wildman–Crippen MR) is 80.8 cm³/mol. The summed E-state index contributed by atoms with van der Waals surface area (Å²) in [5, 5.41) is 6.61. The minimum Gasteiger partial charge on any atom is -0.362 e. The maximum absolute atomic E-state index is 11.5. The lowest BCUT2D eigenvalue weighted by molar-refractivity contribution is -0.119. The zero-order chi connectivity index (χ0) is 14.3. The first-order chi connectivity index (χ1) is 9.12. The van der Waals surface area contributed by atoms with Crippen LogP contribution in [0, 0.1) is 0 Å². The Morgan fingerprint density at radius 1 is 1.37 bits per heavy atom. The number of carbonyl (C=O) groups is 1. The molecule has 0 radical (unpaired) electrons. The van der Waals surface area contributed by atoms with E-state index in [9.17, 15) is 4.79 Å². The average Bonchev–Trinajstić information content (AvgIpc) is 2.43. The molecule has 4 nitrogen and oxygen atoms in total. The number of rotatable bonds is 7. The Morgan fingerprint density at radius 2 is 2.11 bits per heavy atom. The Morgan fingerprint density at radius 3 is 2.63 bits per heavy atom. The van der Waals surface area contributed by atoms with Crippen LogP contribution in [0.25, 0.3) is 0 Å². The molecule has 1 aromatic carbocycles. The van der Waals surface area contributed by atoms with Gasteiger partial charge in [0, 0.05) is 30.8 Å². The van der Waals surface area contributed by atoms with E-state index in [-0.39, 0.29) is 5.91 Å². The summed E-state index contributed by atoms with van der Waals surface area (Å²) in [5.74, 6) is -0.00491. The van der Waals surface area contributed by atoms with Gasteiger partial charge in [-0.2, -0.15) is 0 Å². The molecule has 1 aromatic rings. The lowest BCUT2D eigenvalue weighted by Gasteiger charge is -2.22. The SMILES string of the molecule is CCNCc1ccc(N(CC)CC(=O)NC)cc1Cl. The van der Waals surface area contributed by atoms with E-state index < -0.39 is 0 Å². The first kappa shape index (κ1) is 15.8. The summed E-state index contributed by atoms with van der Waals surface area (Å²) in [6.45, 7) is 6.85. The van der Waals surface area contributed by atoms with Crippen molar-refractivity contribution in [1.82, 2.24) is 10.6 Å². The third-order valence-electron chi connectivity index (χ3n) is 2.96. The van der Waals surface area contributed by atoms with Crippen LogP contribution in [0.2, 0.25) is 5.02 Å². The molecular formula is C14H22ClN3O. The van der Waals surface area contributed by atoms with E-state index in [2.05, 4.69) is 17.6 Å². The first-order valence-corrected chi connectivity index (χ1v) is 6.94. The van der Waals surface area contributed by atoms with Gasteiger partial charge in [-0.3, -0.25) is 4.79 Å². The summed E-state index contributed by atoms with van der Waals surface area (Å²) in [6, 6.07) is 5.93. The van der Waals surface area contributed by atoms with Gasteiger partial charge >= 0.3 is 0 Å². The Kier molecular flexibility index (Phi) is 6.67. The number of halogens is 1. The van der Waals surface area contributed by atoms with E-state index in [1.807, 2.05) is 30.0 Å². The molecule has 1 rings (SSSR count). The molecule has 0 aliphatic carbocycles. The van der Waals surface area contributed by atoms with E-state index in [0.717, 1.165) is 35.9 Å². The van der Waals surface area contributed by atoms with Crippen molar-refractivity contribution >= 4 is 23.2 Å². The van der Waals surface area contributed by atoms with Crippen LogP contribution in [0.3, 0.4) is 0 Å². The molecule has 0 saturated carbocycles. The highest BCUT2D eigenvalue weighted by atomic mass is 35.5. The van der Waals surface area contributed by atoms with Crippen LogP contribution >= 0.6 is 11.6 Å². The van der Waals surface area contributed by atoms with Gasteiger partial charge in [0.05, 0.1) is 6.54 Å². The topological polar surface area (TPSA) is 44.4 Å². The maximum Gasteiger partial charge on any atom is 0.239 e. The van der Waals surface area contributed by atoms with Crippen molar-refractivity contribution in [1.29, 1.82) is 0 Å². The molecule has 0 aliphatic heterocycles. The molecule has 0 atom stereocenters. The van der Waals surface area contributed by atoms with Gasteiger partial charge in [-0.05, 0) is 31.2 Å². The van der Waals surface area contributed by atoms with E-state index in [4.69, 9.17) is 11.6 Å². The number of hydrogen-bond donors (Lipinski definition) is 2. The van der Waals surface area contributed by atoms with Crippen molar-refractivity contribution in [3.8, 4) is 0 Å². The van der Waals surface area contributed by atoms with Crippen LogP contribution in [0.5, 0.6) is 0 Å². The second-order valence-corrected chi connectivity index (χ2v) is 4.65. The van der Waals surface area contributed by atoms with Gasteiger partial charge in [-0.25, -0.2) is 0 Å². The Bertz CT molecular complexity index is 423. The van der Waals surface area contributed by atoms with Gasteiger partial charge < -0.3 is 15.5 Å². The third kappa shape index (κ3) is 4.73. The molecule has 0 aromatic heterocycles. The summed E-state index contributed by atoms with van der Waals surface area (Å²) >= 11 is 6.27. The van der Waals surface area contributed by atoms with Crippen molar-refractivity contribution < 1.29 is 4.79 Å². The molecule has 0 aliphatic rings. The summed E-state index contributed by atoms with van der Waals surface area (Å²) in [7, 11) is 1.64. The second kappa shape index (κ2) is 8.02. The molecule has 0 saturated heterocycles. The average molecular weight is 284 g/mol. The minimum absolute atomic E-state index is 0.00491. The van der Waals surface area contributed by atoms with E-state index in [1.54, 1.807) is 7.05 Å². The lowest BCUT2D eigenvalue weighted by atomic mass is 10.2. The largest absolute Gasteiger partial charge is 0.362 e. The molecule has 0 unspecified atom stereocenters. The first-order valence-electron chi connectivity index (χ1n) is 6.57. The monoisotopic (exact) mass is 283 g/mol. The second-order valence-electron chi connectivity index (χ2n) is 4.24. The van der Waals surface area contributed by atoms with Crippen molar-refractivity contribution in [3.05, 3.63) is 28.8 Å². The highest BCUT2D eigenvalue weighted by molar-refractivity contribution is 6.31. The molecule has 1 amide bonds. The Labute approximate surface area is 120 Å². The maximum atomic E-state index is 11.5. The molecular weight excluding hydrogens is 262 g/mol. The standard InChI is InChI=1S/C14H22ClN3O/c1-4-17-9-11-6-7-12(8-13(11)15)18(5-2)10-14(19)16-3/h6-8,17H,4-5,9-10H2,1-3H3,(H,16,19). The summed E-state index contributed by atoms with van der Waals surface area (Å²) in [6.07, 6.45) is 0. The van der Waals surface area contributed by atoms with Crippen LogP contribution in [-0.4, -0.2) is 32.6 Å². The molecule has 106 valence electrons. The summed E-state index contributed by atoms with van der Waals surface area (Å²) in [5.41, 5.74) is 2.04. The number of carbonyl (C=O) groups excluding carboxylic acids is 1. The predicted octanol–water partition coefficient (Wildman–Crippen LogP) is 2.02. The Balaban J connectivity index is 2.82. The quantitative estimate of drug-likeness (QED) is 0.805. The van der Waals surface area contributed by atoms with Gasteiger partial charge in [-0.15, -0.1) is 0 Å². The van der Waals surface area contributed by atoms with E-state index in [1.165, 1.54) is 0 Å². The van der Waals surface area contributed by atoms with Gasteiger partial charge in [0.2, 0.25) is 5.91 Å². The number of hydrogen-bond acceptors (Lipinski definition) is 3. The van der Waals surface area contributed by atoms with E-state index in [0.29, 0.717) is 6.54 Å². The minimum atomic E-state index is -0.00491. The van der Waals surface area contributed by atoms with Crippen LogP contribution in [0.4, 0.5) is 5.69 Å². The van der Waals surface area contributed by atoms with Crippen LogP contribution < -0.4 is 15.5 Å². The van der Waals surface area contributed by atoms with Gasteiger partial charge in [0.15, 0.2) is 0 Å². The van der Waals surface area contributed by atoms with Crippen LogP contribution in [0.1, 0.15) is 19.4 Å². The van der Waals surface area contributed by atoms with Gasteiger partial charge in [0.25, 0.3) is 0 Å². The number of nitrogens with one attached hydrogen (secondary N) is 2. The molecule has 0 fully saturated rings. The molecule has 2 N–H and O–H groups in total. The number of benzene rings is 1. The normalized spacial score (nSPS) is 10.3. The fourth-order valence-electron chi connectivity index (χ4n) is 1.77. The van der Waals surface area contributed by atoms with Crippen molar-refractivity contribution in [3.63, 3.8) is 0 Å². The van der Waals surface area contributed by atoms with Crippen LogP contribution in [0.15, 0.2) is 18.2 Å². The van der Waals surface area contributed by atoms with Crippen molar-refractivity contribution in [2.45, 2.75) is 20.4 Å². The molecule has 0 bridgehead atoms. The molecule has 5 heteroatoms. The smallest absolute Gasteiger partial charge is 0.239 e.